The lowest BCUT2D eigenvalue weighted by molar-refractivity contribution is -1.09. The van der Waals surface area contributed by atoms with Crippen molar-refractivity contribution in [1.82, 2.24) is 9.97 Å². The number of nitrogens with two attached hydrogens (primary N) is 2. The van der Waals surface area contributed by atoms with E-state index in [-0.39, 0.29) is 22.3 Å². The summed E-state index contributed by atoms with van der Waals surface area (Å²) < 4.78 is -0.00858. The molecule has 1 aliphatic carbocycles. The second kappa shape index (κ2) is 10.00. The number of amides is 1. The number of likely N-dealkylation sites (N-methyl/N-ethyl adjacent to an activating group) is 1. The SMILES string of the molecule is C/C(N)=C/C(N)=N/c1cc(N2CC[N+](C)(O)CC2)nc(Sc2ccc(NC(=O)C3CC3)cc2)n1. The summed E-state index contributed by atoms with van der Waals surface area (Å²) in [6.07, 6.45) is 3.52. The van der Waals surface area contributed by atoms with E-state index in [9.17, 15) is 10.0 Å². The molecule has 1 aliphatic heterocycles. The van der Waals surface area contributed by atoms with Gasteiger partial charge in [-0.2, -0.15) is 4.65 Å². The maximum Gasteiger partial charge on any atom is 0.227 e. The number of aliphatic imine (C=N–C) groups is 1. The number of allylic oxidation sites excluding steroid dienone is 1. The molecule has 1 aromatic carbocycles. The van der Waals surface area contributed by atoms with E-state index in [1.54, 1.807) is 26.1 Å². The predicted molar refractivity (Wildman–Crippen MR) is 133 cm³/mol. The first-order chi connectivity index (χ1) is 16.2. The lowest BCUT2D eigenvalue weighted by Gasteiger charge is -2.36. The monoisotopic (exact) mass is 483 g/mol. The van der Waals surface area contributed by atoms with Gasteiger partial charge in [0.1, 0.15) is 24.7 Å². The molecule has 1 saturated carbocycles. The fraction of sp³-hybridized carbons (Fsp3) is 0.391. The highest BCUT2D eigenvalue weighted by Gasteiger charge is 2.30. The number of piperazine rings is 1. The van der Waals surface area contributed by atoms with Gasteiger partial charge in [-0.05, 0) is 61.9 Å². The zero-order valence-corrected chi connectivity index (χ0v) is 20.3. The van der Waals surface area contributed by atoms with E-state index in [1.165, 1.54) is 11.8 Å². The fourth-order valence-corrected chi connectivity index (χ4v) is 4.25. The maximum atomic E-state index is 12.0. The van der Waals surface area contributed by atoms with E-state index in [4.69, 9.17) is 16.5 Å². The van der Waals surface area contributed by atoms with E-state index in [0.29, 0.717) is 42.9 Å². The lowest BCUT2D eigenvalue weighted by atomic mass is 10.3. The minimum atomic E-state index is -0.00858. The lowest BCUT2D eigenvalue weighted by Crippen LogP contribution is -2.55. The van der Waals surface area contributed by atoms with E-state index in [1.807, 2.05) is 24.3 Å². The predicted octanol–water partition coefficient (Wildman–Crippen LogP) is 2.48. The second-order valence-corrected chi connectivity index (χ2v) is 10.00. The first-order valence-corrected chi connectivity index (χ1v) is 12.1. The molecule has 4 rings (SSSR count). The number of carbonyl (C=O) groups is 1. The molecule has 1 amide bonds. The van der Waals surface area contributed by atoms with Crippen LogP contribution in [0, 0.1) is 5.92 Å². The smallest absolute Gasteiger partial charge is 0.227 e. The number of carbonyl (C=O) groups excluding carboxylic acids is 1. The van der Waals surface area contributed by atoms with Gasteiger partial charge in [-0.15, -0.1) is 0 Å². The maximum absolute atomic E-state index is 12.0. The highest BCUT2D eigenvalue weighted by atomic mass is 32.2. The van der Waals surface area contributed by atoms with Crippen LogP contribution in [0.3, 0.4) is 0 Å². The summed E-state index contributed by atoms with van der Waals surface area (Å²) in [4.78, 5) is 28.7. The van der Waals surface area contributed by atoms with Crippen LogP contribution in [0.5, 0.6) is 0 Å². The Bertz CT molecular complexity index is 1100. The molecule has 0 radical (unpaired) electrons. The Hall–Kier alpha value is -3.15. The van der Waals surface area contributed by atoms with Crippen molar-refractivity contribution in [2.75, 3.05) is 43.4 Å². The number of hydrogen-bond acceptors (Lipinski definition) is 8. The van der Waals surface area contributed by atoms with E-state index in [0.717, 1.165) is 29.2 Å². The van der Waals surface area contributed by atoms with Gasteiger partial charge in [0, 0.05) is 28.3 Å². The summed E-state index contributed by atoms with van der Waals surface area (Å²) in [6, 6.07) is 9.40. The summed E-state index contributed by atoms with van der Waals surface area (Å²) in [5.41, 5.74) is 13.0. The molecule has 0 unspecified atom stereocenters. The Morgan fingerprint density at radius 1 is 1.24 bits per heavy atom. The van der Waals surface area contributed by atoms with Crippen molar-refractivity contribution in [2.45, 2.75) is 29.8 Å². The number of benzene rings is 1. The summed E-state index contributed by atoms with van der Waals surface area (Å²) in [6.45, 7) is 4.24. The molecule has 2 aromatic rings. The molecular formula is C23H31N8O2S+. The third kappa shape index (κ3) is 6.69. The Morgan fingerprint density at radius 3 is 2.53 bits per heavy atom. The molecule has 2 heterocycles. The molecule has 1 aromatic heterocycles. The van der Waals surface area contributed by atoms with Gasteiger partial charge in [0.15, 0.2) is 11.0 Å². The number of amidine groups is 1. The van der Waals surface area contributed by atoms with Crippen LogP contribution < -0.4 is 21.7 Å². The van der Waals surface area contributed by atoms with Crippen molar-refractivity contribution in [3.63, 3.8) is 0 Å². The summed E-state index contributed by atoms with van der Waals surface area (Å²) >= 11 is 1.40. The van der Waals surface area contributed by atoms with Gasteiger partial charge in [0.25, 0.3) is 0 Å². The first-order valence-electron chi connectivity index (χ1n) is 11.2. The second-order valence-electron chi connectivity index (χ2n) is 8.96. The Kier molecular flexibility index (Phi) is 7.05. The van der Waals surface area contributed by atoms with Gasteiger partial charge in [0.05, 0.1) is 20.1 Å². The summed E-state index contributed by atoms with van der Waals surface area (Å²) in [5, 5.41) is 13.7. The zero-order valence-electron chi connectivity index (χ0n) is 19.4. The van der Waals surface area contributed by atoms with Crippen molar-refractivity contribution >= 4 is 40.8 Å². The van der Waals surface area contributed by atoms with Crippen LogP contribution in [0.2, 0.25) is 0 Å². The van der Waals surface area contributed by atoms with E-state index >= 15 is 0 Å². The van der Waals surface area contributed by atoms with Crippen molar-refractivity contribution in [3.8, 4) is 0 Å². The molecule has 1 saturated heterocycles. The van der Waals surface area contributed by atoms with Gasteiger partial charge < -0.3 is 21.7 Å². The van der Waals surface area contributed by atoms with E-state index in [2.05, 4.69) is 20.2 Å². The standard InChI is InChI=1S/C23H30N8O2S/c1-15(24)13-19(25)27-20-14-21(30-9-11-31(2,33)12-10-30)29-23(28-20)34-18-7-5-17(6-8-18)26-22(32)16-3-4-16/h5-8,13-14,16,33H,3-4,9-12H2,1-2H3,(H4-,24,25,26,27,28,29,32)/p+1. The van der Waals surface area contributed by atoms with E-state index < -0.39 is 0 Å². The largest absolute Gasteiger partial charge is 0.402 e. The van der Waals surface area contributed by atoms with Crippen LogP contribution in [-0.2, 0) is 4.79 Å². The van der Waals surface area contributed by atoms with Crippen molar-refractivity contribution < 1.29 is 14.6 Å². The minimum Gasteiger partial charge on any atom is -0.402 e. The van der Waals surface area contributed by atoms with Gasteiger partial charge in [0.2, 0.25) is 5.91 Å². The number of nitrogens with one attached hydrogen (secondary N) is 1. The number of hydrogen-bond donors (Lipinski definition) is 4. The first kappa shape index (κ1) is 24.0. The number of rotatable bonds is 7. The topological polar surface area (TPSA) is 143 Å². The molecular weight excluding hydrogens is 452 g/mol. The molecule has 0 bridgehead atoms. The number of nitrogens with zero attached hydrogens (tertiary/aromatic N) is 5. The Labute approximate surface area is 203 Å². The number of hydroxylamine groups is 3. The molecule has 0 spiro atoms. The average molecular weight is 484 g/mol. The minimum absolute atomic E-state index is 0.00858. The van der Waals surface area contributed by atoms with Gasteiger partial charge in [-0.25, -0.2) is 20.2 Å². The van der Waals surface area contributed by atoms with Crippen molar-refractivity contribution in [1.29, 1.82) is 0 Å². The molecule has 2 aliphatic rings. The Morgan fingerprint density at radius 2 is 1.91 bits per heavy atom. The quantitative estimate of drug-likeness (QED) is 0.204. The van der Waals surface area contributed by atoms with Crippen LogP contribution in [0.1, 0.15) is 19.8 Å². The number of quaternary nitrogens is 1. The number of anilines is 2. The zero-order chi connectivity index (χ0) is 24.3. The van der Waals surface area contributed by atoms with Gasteiger partial charge in [-0.1, -0.05) is 0 Å². The number of aromatic nitrogens is 2. The molecule has 11 heteroatoms. The van der Waals surface area contributed by atoms with Gasteiger partial charge >= 0.3 is 0 Å². The normalized spacial score (nSPS) is 18.6. The average Bonchev–Trinajstić information content (AvgIpc) is 3.60. The molecule has 6 N–H and O–H groups in total. The van der Waals surface area contributed by atoms with Crippen LogP contribution in [0.25, 0.3) is 0 Å². The third-order valence-electron chi connectivity index (χ3n) is 5.60. The van der Waals surface area contributed by atoms with Gasteiger partial charge in [-0.3, -0.25) is 4.79 Å². The van der Waals surface area contributed by atoms with Crippen molar-refractivity contribution in [3.05, 3.63) is 42.1 Å². The van der Waals surface area contributed by atoms with Crippen LogP contribution >= 0.6 is 11.8 Å². The molecule has 10 nitrogen and oxygen atoms in total. The Balaban J connectivity index is 1.55. The van der Waals surface area contributed by atoms with Crippen LogP contribution in [0.15, 0.2) is 57.1 Å². The fourth-order valence-electron chi connectivity index (χ4n) is 3.49. The van der Waals surface area contributed by atoms with Crippen LogP contribution in [-0.4, -0.2) is 64.8 Å². The van der Waals surface area contributed by atoms with Crippen molar-refractivity contribution in [2.24, 2.45) is 22.4 Å². The molecule has 2 fully saturated rings. The third-order valence-corrected chi connectivity index (χ3v) is 6.48. The highest BCUT2D eigenvalue weighted by molar-refractivity contribution is 7.99. The highest BCUT2D eigenvalue weighted by Crippen LogP contribution is 2.32. The summed E-state index contributed by atoms with van der Waals surface area (Å²) in [5.74, 6) is 1.66. The molecule has 180 valence electrons. The summed E-state index contributed by atoms with van der Waals surface area (Å²) in [7, 11) is 1.80. The van der Waals surface area contributed by atoms with Crippen LogP contribution in [0.4, 0.5) is 17.3 Å². The molecule has 0 atom stereocenters. The molecule has 34 heavy (non-hydrogen) atoms.